The number of furan rings is 1. The van der Waals surface area contributed by atoms with Gasteiger partial charge in [-0.05, 0) is 38.5 Å². The number of Topliss-reactive ketones (excluding diaryl/α,β-unsaturated/α-hetero) is 1. The SMILES string of the molecule is CCOC(=O)c1cc(-c2ccc(C(=O)CBr)cc2)oc1N(CCOC)C(=O)C1CCC(C)CC1. The lowest BCUT2D eigenvalue weighted by molar-refractivity contribution is -0.123. The number of nitrogens with zero attached hydrogens (tertiary/aromatic N) is 1. The molecule has 3 rings (SSSR count). The normalized spacial score (nSPS) is 17.9. The van der Waals surface area contributed by atoms with E-state index in [0.29, 0.717) is 29.4 Å². The average Bonchev–Trinajstić information content (AvgIpc) is 3.29. The van der Waals surface area contributed by atoms with Crippen LogP contribution in [0.15, 0.2) is 34.7 Å². The van der Waals surface area contributed by atoms with Crippen LogP contribution in [0.3, 0.4) is 0 Å². The Morgan fingerprint density at radius 1 is 1.12 bits per heavy atom. The summed E-state index contributed by atoms with van der Waals surface area (Å²) in [6.07, 6.45) is 3.63. The Hall–Kier alpha value is -2.45. The zero-order chi connectivity index (χ0) is 24.7. The van der Waals surface area contributed by atoms with Crippen LogP contribution in [0.2, 0.25) is 0 Å². The summed E-state index contributed by atoms with van der Waals surface area (Å²) in [5, 5.41) is 0.237. The highest BCUT2D eigenvalue weighted by molar-refractivity contribution is 9.09. The standard InChI is InChI=1S/C26H32BrNO6/c1-4-33-26(31)21-15-23(19-11-9-18(10-12-19)22(29)16-27)34-25(21)28(13-14-32-3)24(30)20-7-5-17(2)6-8-20/h9-12,15,17,20H,4-8,13-14,16H2,1-3H3. The van der Waals surface area contributed by atoms with Gasteiger partial charge in [0, 0.05) is 30.2 Å². The third-order valence-electron chi connectivity index (χ3n) is 6.22. The van der Waals surface area contributed by atoms with Gasteiger partial charge in [-0.15, -0.1) is 0 Å². The second-order valence-electron chi connectivity index (χ2n) is 8.62. The molecule has 1 saturated carbocycles. The van der Waals surface area contributed by atoms with Crippen molar-refractivity contribution in [2.24, 2.45) is 11.8 Å². The number of carbonyl (C=O) groups excluding carboxylic acids is 3. The van der Waals surface area contributed by atoms with Gasteiger partial charge in [0.15, 0.2) is 5.78 Å². The summed E-state index contributed by atoms with van der Waals surface area (Å²) in [7, 11) is 1.57. The van der Waals surface area contributed by atoms with E-state index in [2.05, 4.69) is 22.9 Å². The second kappa shape index (κ2) is 12.3. The Morgan fingerprint density at radius 3 is 2.38 bits per heavy atom. The molecule has 1 aliphatic rings. The van der Waals surface area contributed by atoms with E-state index in [1.165, 1.54) is 4.90 Å². The van der Waals surface area contributed by atoms with Gasteiger partial charge in [0.1, 0.15) is 11.3 Å². The Bertz CT molecular complexity index is 991. The lowest BCUT2D eigenvalue weighted by atomic mass is 9.82. The van der Waals surface area contributed by atoms with Gasteiger partial charge in [0.2, 0.25) is 11.8 Å². The van der Waals surface area contributed by atoms with E-state index in [9.17, 15) is 14.4 Å². The van der Waals surface area contributed by atoms with Crippen LogP contribution >= 0.6 is 15.9 Å². The van der Waals surface area contributed by atoms with Gasteiger partial charge in [-0.3, -0.25) is 14.5 Å². The van der Waals surface area contributed by atoms with Crippen molar-refractivity contribution < 1.29 is 28.3 Å². The molecule has 0 N–H and O–H groups in total. The molecule has 1 heterocycles. The fourth-order valence-electron chi connectivity index (χ4n) is 4.20. The maximum Gasteiger partial charge on any atom is 0.343 e. The summed E-state index contributed by atoms with van der Waals surface area (Å²) < 4.78 is 16.6. The molecule has 1 aromatic heterocycles. The first-order valence-electron chi connectivity index (χ1n) is 11.7. The minimum absolute atomic E-state index is 0.0305. The van der Waals surface area contributed by atoms with Crippen LogP contribution in [0.1, 0.15) is 60.2 Å². The summed E-state index contributed by atoms with van der Waals surface area (Å²) in [5.74, 6) is 0.447. The summed E-state index contributed by atoms with van der Waals surface area (Å²) in [6.45, 7) is 4.71. The Kier molecular flexibility index (Phi) is 9.47. The molecular weight excluding hydrogens is 502 g/mol. The Labute approximate surface area is 208 Å². The number of amides is 1. The van der Waals surface area contributed by atoms with Crippen molar-refractivity contribution in [3.63, 3.8) is 0 Å². The summed E-state index contributed by atoms with van der Waals surface area (Å²) in [5.41, 5.74) is 1.46. The molecular formula is C26H32BrNO6. The predicted molar refractivity (Wildman–Crippen MR) is 134 cm³/mol. The summed E-state index contributed by atoms with van der Waals surface area (Å²) >= 11 is 3.18. The van der Waals surface area contributed by atoms with Crippen LogP contribution in [0.4, 0.5) is 5.88 Å². The molecule has 0 unspecified atom stereocenters. The number of hydrogen-bond donors (Lipinski definition) is 0. The topological polar surface area (TPSA) is 86.1 Å². The third-order valence-corrected chi connectivity index (χ3v) is 6.73. The monoisotopic (exact) mass is 533 g/mol. The molecule has 8 heteroatoms. The van der Waals surface area contributed by atoms with E-state index >= 15 is 0 Å². The molecule has 1 aromatic carbocycles. The first kappa shape index (κ1) is 26.2. The van der Waals surface area contributed by atoms with E-state index < -0.39 is 5.97 Å². The molecule has 1 amide bonds. The van der Waals surface area contributed by atoms with Gasteiger partial charge in [-0.1, -0.05) is 47.1 Å². The molecule has 0 atom stereocenters. The maximum atomic E-state index is 13.6. The average molecular weight is 534 g/mol. The minimum atomic E-state index is -0.550. The highest BCUT2D eigenvalue weighted by Crippen LogP contribution is 2.36. The van der Waals surface area contributed by atoms with Gasteiger partial charge >= 0.3 is 5.97 Å². The van der Waals surface area contributed by atoms with E-state index in [4.69, 9.17) is 13.9 Å². The number of rotatable bonds is 10. The lowest BCUT2D eigenvalue weighted by Gasteiger charge is -2.30. The van der Waals surface area contributed by atoms with Crippen LogP contribution in [-0.2, 0) is 14.3 Å². The maximum absolute atomic E-state index is 13.6. The molecule has 34 heavy (non-hydrogen) atoms. The number of carbonyl (C=O) groups is 3. The highest BCUT2D eigenvalue weighted by Gasteiger charge is 2.33. The zero-order valence-corrected chi connectivity index (χ0v) is 21.6. The van der Waals surface area contributed by atoms with Gasteiger partial charge in [-0.25, -0.2) is 4.79 Å². The smallest absolute Gasteiger partial charge is 0.343 e. The molecule has 7 nitrogen and oxygen atoms in total. The fraction of sp³-hybridized carbons (Fsp3) is 0.500. The Morgan fingerprint density at radius 2 is 1.79 bits per heavy atom. The quantitative estimate of drug-likeness (QED) is 0.227. The number of anilines is 1. The van der Waals surface area contributed by atoms with Crippen LogP contribution in [0.25, 0.3) is 11.3 Å². The number of ether oxygens (including phenoxy) is 2. The van der Waals surface area contributed by atoms with Crippen LogP contribution in [-0.4, -0.2) is 49.9 Å². The number of esters is 1. The number of methoxy groups -OCH3 is 1. The molecule has 0 aliphatic heterocycles. The van der Waals surface area contributed by atoms with E-state index in [-0.39, 0.29) is 47.5 Å². The van der Waals surface area contributed by atoms with E-state index in [1.807, 2.05) is 0 Å². The fourth-order valence-corrected chi connectivity index (χ4v) is 4.52. The zero-order valence-electron chi connectivity index (χ0n) is 20.0. The third kappa shape index (κ3) is 6.16. The van der Waals surface area contributed by atoms with Crippen LogP contribution < -0.4 is 4.90 Å². The van der Waals surface area contributed by atoms with Crippen molar-refractivity contribution in [2.45, 2.75) is 39.5 Å². The molecule has 1 fully saturated rings. The number of alkyl halides is 1. The number of ketones is 1. The number of benzene rings is 1. The first-order chi connectivity index (χ1) is 16.4. The molecule has 1 aliphatic carbocycles. The minimum Gasteiger partial charge on any atom is -0.462 e. The second-order valence-corrected chi connectivity index (χ2v) is 9.18. The highest BCUT2D eigenvalue weighted by atomic mass is 79.9. The lowest BCUT2D eigenvalue weighted by Crippen LogP contribution is -2.40. The molecule has 184 valence electrons. The van der Waals surface area contributed by atoms with E-state index in [1.54, 1.807) is 44.4 Å². The molecule has 2 aromatic rings. The van der Waals surface area contributed by atoms with E-state index in [0.717, 1.165) is 25.7 Å². The van der Waals surface area contributed by atoms with Crippen LogP contribution in [0.5, 0.6) is 0 Å². The largest absolute Gasteiger partial charge is 0.462 e. The summed E-state index contributed by atoms with van der Waals surface area (Å²) in [4.78, 5) is 39.8. The van der Waals surface area contributed by atoms with Crippen molar-refractivity contribution in [1.29, 1.82) is 0 Å². The van der Waals surface area contributed by atoms with Crippen molar-refractivity contribution in [1.82, 2.24) is 0 Å². The van der Waals surface area contributed by atoms with Gasteiger partial charge in [-0.2, -0.15) is 0 Å². The Balaban J connectivity index is 1.99. The molecule has 0 spiro atoms. The predicted octanol–water partition coefficient (Wildman–Crippen LogP) is 5.51. The van der Waals surface area contributed by atoms with Crippen molar-refractivity contribution in [3.8, 4) is 11.3 Å². The van der Waals surface area contributed by atoms with Gasteiger partial charge < -0.3 is 13.9 Å². The first-order valence-corrected chi connectivity index (χ1v) is 12.8. The molecule has 0 saturated heterocycles. The van der Waals surface area contributed by atoms with Crippen molar-refractivity contribution >= 4 is 39.5 Å². The molecule has 0 radical (unpaired) electrons. The van der Waals surface area contributed by atoms with Gasteiger partial charge in [0.05, 0.1) is 25.1 Å². The van der Waals surface area contributed by atoms with Crippen LogP contribution in [0, 0.1) is 11.8 Å². The van der Waals surface area contributed by atoms with Crippen molar-refractivity contribution in [2.75, 3.05) is 37.1 Å². The number of hydrogen-bond acceptors (Lipinski definition) is 6. The van der Waals surface area contributed by atoms with Gasteiger partial charge in [0.25, 0.3) is 0 Å². The molecule has 0 bridgehead atoms. The van der Waals surface area contributed by atoms with Crippen molar-refractivity contribution in [3.05, 3.63) is 41.5 Å². The number of halogens is 1. The summed E-state index contributed by atoms with van der Waals surface area (Å²) in [6, 6.07) is 8.55.